The third-order valence-corrected chi connectivity index (χ3v) is 3.68. The van der Waals surface area contributed by atoms with Crippen molar-refractivity contribution in [1.29, 1.82) is 0 Å². The number of ether oxygens (including phenoxy) is 1. The molecule has 1 fully saturated rings. The summed E-state index contributed by atoms with van der Waals surface area (Å²) in [6, 6.07) is 4.10. The van der Waals surface area contributed by atoms with E-state index in [9.17, 15) is 8.78 Å². The fraction of sp³-hybridized carbons (Fsp3) is 0.600. The third kappa shape index (κ3) is 3.75. The van der Waals surface area contributed by atoms with Crippen molar-refractivity contribution in [2.45, 2.75) is 25.5 Å². The maximum absolute atomic E-state index is 13.9. The van der Waals surface area contributed by atoms with Crippen LogP contribution in [-0.2, 0) is 4.74 Å². The van der Waals surface area contributed by atoms with Crippen LogP contribution < -0.4 is 5.32 Å². The van der Waals surface area contributed by atoms with Crippen LogP contribution >= 0.6 is 0 Å². The molecule has 0 radical (unpaired) electrons. The quantitative estimate of drug-likeness (QED) is 0.918. The summed E-state index contributed by atoms with van der Waals surface area (Å²) in [6.45, 7) is 5.17. The van der Waals surface area contributed by atoms with Crippen molar-refractivity contribution in [2.75, 3.05) is 33.3 Å². The van der Waals surface area contributed by atoms with E-state index in [2.05, 4.69) is 10.2 Å². The Labute approximate surface area is 118 Å². The van der Waals surface area contributed by atoms with E-state index in [1.807, 2.05) is 6.92 Å². The molecular weight excluding hydrogens is 262 g/mol. The van der Waals surface area contributed by atoms with Crippen LogP contribution in [0.1, 0.15) is 24.9 Å². The van der Waals surface area contributed by atoms with Crippen molar-refractivity contribution in [1.82, 2.24) is 10.2 Å². The van der Waals surface area contributed by atoms with E-state index in [0.717, 1.165) is 32.2 Å². The minimum atomic E-state index is -0.796. The summed E-state index contributed by atoms with van der Waals surface area (Å²) in [5.74, 6) is -1.55. The van der Waals surface area contributed by atoms with Gasteiger partial charge in [-0.15, -0.1) is 0 Å². The molecule has 20 heavy (non-hydrogen) atoms. The van der Waals surface area contributed by atoms with Gasteiger partial charge in [-0.05, 0) is 26.5 Å². The Morgan fingerprint density at radius 3 is 3.00 bits per heavy atom. The van der Waals surface area contributed by atoms with E-state index in [4.69, 9.17) is 4.74 Å². The van der Waals surface area contributed by atoms with Crippen molar-refractivity contribution >= 4 is 0 Å². The fourth-order valence-electron chi connectivity index (χ4n) is 2.64. The molecule has 112 valence electrons. The highest BCUT2D eigenvalue weighted by molar-refractivity contribution is 5.22. The van der Waals surface area contributed by atoms with Gasteiger partial charge in [0, 0.05) is 37.8 Å². The average Bonchev–Trinajstić information content (AvgIpc) is 2.64. The molecule has 1 aliphatic rings. The lowest BCUT2D eigenvalue weighted by Crippen LogP contribution is -2.37. The van der Waals surface area contributed by atoms with Crippen LogP contribution in [0.4, 0.5) is 8.78 Å². The maximum atomic E-state index is 13.9. The highest BCUT2D eigenvalue weighted by atomic mass is 19.2. The molecule has 1 heterocycles. The Morgan fingerprint density at radius 1 is 1.45 bits per heavy atom. The second-order valence-electron chi connectivity index (χ2n) is 5.28. The zero-order valence-corrected chi connectivity index (χ0v) is 12.0. The molecule has 0 bridgehead atoms. The van der Waals surface area contributed by atoms with Gasteiger partial charge in [-0.1, -0.05) is 12.1 Å². The minimum absolute atomic E-state index is 0.173. The molecule has 1 aromatic carbocycles. The fourth-order valence-corrected chi connectivity index (χ4v) is 2.64. The van der Waals surface area contributed by atoms with Gasteiger partial charge in [-0.3, -0.25) is 4.90 Å². The van der Waals surface area contributed by atoms with Crippen molar-refractivity contribution in [2.24, 2.45) is 0 Å². The topological polar surface area (TPSA) is 24.5 Å². The molecule has 2 rings (SSSR count). The van der Waals surface area contributed by atoms with Gasteiger partial charge in [0.1, 0.15) is 0 Å². The number of benzene rings is 1. The predicted octanol–water partition coefficient (Wildman–Crippen LogP) is 2.34. The lowest BCUT2D eigenvalue weighted by molar-refractivity contribution is 0.0664. The maximum Gasteiger partial charge on any atom is 0.163 e. The van der Waals surface area contributed by atoms with Gasteiger partial charge >= 0.3 is 0 Å². The monoisotopic (exact) mass is 284 g/mol. The summed E-state index contributed by atoms with van der Waals surface area (Å²) < 4.78 is 32.8. The van der Waals surface area contributed by atoms with Crippen LogP contribution in [-0.4, -0.2) is 44.3 Å². The van der Waals surface area contributed by atoms with Crippen molar-refractivity contribution in [3.05, 3.63) is 35.4 Å². The Bertz CT molecular complexity index is 442. The highest BCUT2D eigenvalue weighted by Gasteiger charge is 2.22. The van der Waals surface area contributed by atoms with Gasteiger partial charge in [0.15, 0.2) is 11.6 Å². The van der Waals surface area contributed by atoms with E-state index in [1.165, 1.54) is 0 Å². The number of halogens is 2. The third-order valence-electron chi connectivity index (χ3n) is 3.68. The normalized spacial score (nSPS) is 22.5. The number of nitrogens with one attached hydrogen (secondary N) is 1. The summed E-state index contributed by atoms with van der Waals surface area (Å²) in [6.07, 6.45) is 1.14. The second kappa shape index (κ2) is 7.11. The molecule has 5 heteroatoms. The zero-order chi connectivity index (χ0) is 14.5. The number of likely N-dealkylation sites (N-methyl/N-ethyl adjacent to an activating group) is 1. The van der Waals surface area contributed by atoms with E-state index in [0.29, 0.717) is 12.1 Å². The lowest BCUT2D eigenvalue weighted by Gasteiger charge is -2.27. The Hall–Kier alpha value is -1.04. The van der Waals surface area contributed by atoms with E-state index in [-0.39, 0.29) is 12.1 Å². The van der Waals surface area contributed by atoms with Gasteiger partial charge in [0.25, 0.3) is 0 Å². The summed E-state index contributed by atoms with van der Waals surface area (Å²) in [5.41, 5.74) is 0.380. The Balaban J connectivity index is 2.10. The molecule has 1 aliphatic heterocycles. The highest BCUT2D eigenvalue weighted by Crippen LogP contribution is 2.21. The zero-order valence-electron chi connectivity index (χ0n) is 12.0. The van der Waals surface area contributed by atoms with Gasteiger partial charge in [-0.25, -0.2) is 8.78 Å². The van der Waals surface area contributed by atoms with E-state index in [1.54, 1.807) is 19.2 Å². The molecule has 0 spiro atoms. The van der Waals surface area contributed by atoms with Gasteiger partial charge < -0.3 is 10.1 Å². The molecule has 1 saturated heterocycles. The average molecular weight is 284 g/mol. The SMILES string of the molecule is CNC(CN1CCCOC(C)C1)c1cccc(F)c1F. The smallest absolute Gasteiger partial charge is 0.163 e. The van der Waals surface area contributed by atoms with Gasteiger partial charge in [-0.2, -0.15) is 0 Å². The standard InChI is InChI=1S/C15H22F2N2O/c1-11-9-19(7-4-8-20-11)10-14(18-2)12-5-3-6-13(16)15(12)17/h3,5-6,11,14,18H,4,7-10H2,1-2H3. The summed E-state index contributed by atoms with van der Waals surface area (Å²) in [5, 5.41) is 3.08. The van der Waals surface area contributed by atoms with Crippen molar-refractivity contribution in [3.8, 4) is 0 Å². The minimum Gasteiger partial charge on any atom is -0.377 e. The molecule has 2 atom stereocenters. The summed E-state index contributed by atoms with van der Waals surface area (Å²) in [7, 11) is 1.77. The molecule has 3 nitrogen and oxygen atoms in total. The first kappa shape index (κ1) is 15.4. The molecule has 0 saturated carbocycles. The molecule has 1 aromatic rings. The molecular formula is C15H22F2N2O. The van der Waals surface area contributed by atoms with Crippen LogP contribution in [0.3, 0.4) is 0 Å². The van der Waals surface area contributed by atoms with Crippen LogP contribution in [0.25, 0.3) is 0 Å². The first-order valence-corrected chi connectivity index (χ1v) is 7.07. The molecule has 1 N–H and O–H groups in total. The first-order chi connectivity index (χ1) is 9.61. The Kier molecular flexibility index (Phi) is 5.46. The van der Waals surface area contributed by atoms with Crippen LogP contribution in [0, 0.1) is 11.6 Å². The van der Waals surface area contributed by atoms with Crippen molar-refractivity contribution < 1.29 is 13.5 Å². The lowest BCUT2D eigenvalue weighted by atomic mass is 10.1. The van der Waals surface area contributed by atoms with Crippen LogP contribution in [0.15, 0.2) is 18.2 Å². The second-order valence-corrected chi connectivity index (χ2v) is 5.28. The van der Waals surface area contributed by atoms with Crippen molar-refractivity contribution in [3.63, 3.8) is 0 Å². The molecule has 0 amide bonds. The molecule has 0 aliphatic carbocycles. The summed E-state index contributed by atoms with van der Waals surface area (Å²) >= 11 is 0. The van der Waals surface area contributed by atoms with Gasteiger partial charge in [0.2, 0.25) is 0 Å². The largest absolute Gasteiger partial charge is 0.377 e. The number of hydrogen-bond acceptors (Lipinski definition) is 3. The summed E-state index contributed by atoms with van der Waals surface area (Å²) in [4.78, 5) is 2.24. The number of hydrogen-bond donors (Lipinski definition) is 1. The first-order valence-electron chi connectivity index (χ1n) is 7.07. The van der Waals surface area contributed by atoms with E-state index < -0.39 is 11.6 Å². The Morgan fingerprint density at radius 2 is 2.25 bits per heavy atom. The predicted molar refractivity (Wildman–Crippen MR) is 74.6 cm³/mol. The molecule has 0 aromatic heterocycles. The number of nitrogens with zero attached hydrogens (tertiary/aromatic N) is 1. The van der Waals surface area contributed by atoms with E-state index >= 15 is 0 Å². The van der Waals surface area contributed by atoms with Crippen LogP contribution in [0.2, 0.25) is 0 Å². The molecule has 2 unspecified atom stereocenters. The van der Waals surface area contributed by atoms with Crippen LogP contribution in [0.5, 0.6) is 0 Å². The van der Waals surface area contributed by atoms with Gasteiger partial charge in [0.05, 0.1) is 6.10 Å². The number of rotatable bonds is 4.